The summed E-state index contributed by atoms with van der Waals surface area (Å²) in [6.45, 7) is 9.74. The molecule has 3 rings (SSSR count). The maximum atomic E-state index is 12.5. The molecule has 2 amide bonds. The molecule has 2 atom stereocenters. The van der Waals surface area contributed by atoms with Crippen LogP contribution in [0, 0.1) is 5.92 Å². The number of amides is 2. The first-order valence-corrected chi connectivity index (χ1v) is 9.10. The molecular formula is C18H24N4OS. The van der Waals surface area contributed by atoms with E-state index in [-0.39, 0.29) is 17.5 Å². The number of carbonyl (C=O) groups is 1. The Hall–Kier alpha value is -1.95. The molecule has 6 heteroatoms. The summed E-state index contributed by atoms with van der Waals surface area (Å²) in [5.74, 6) is 0.479. The van der Waals surface area contributed by atoms with Gasteiger partial charge in [0.25, 0.3) is 0 Å². The van der Waals surface area contributed by atoms with Gasteiger partial charge in [-0.05, 0) is 11.5 Å². The number of aromatic nitrogens is 2. The maximum Gasteiger partial charge on any atom is 0.318 e. The van der Waals surface area contributed by atoms with Crippen LogP contribution < -0.4 is 5.32 Å². The van der Waals surface area contributed by atoms with E-state index in [1.165, 1.54) is 5.56 Å². The number of likely N-dealkylation sites (tertiary alicyclic amines) is 1. The van der Waals surface area contributed by atoms with E-state index in [2.05, 4.69) is 55.3 Å². The van der Waals surface area contributed by atoms with Crippen molar-refractivity contribution in [2.75, 3.05) is 6.54 Å². The molecular weight excluding hydrogens is 320 g/mol. The van der Waals surface area contributed by atoms with Crippen LogP contribution >= 0.6 is 11.3 Å². The van der Waals surface area contributed by atoms with E-state index < -0.39 is 0 Å². The first-order valence-electron chi connectivity index (χ1n) is 8.28. The van der Waals surface area contributed by atoms with Gasteiger partial charge in [-0.1, -0.05) is 69.4 Å². The van der Waals surface area contributed by atoms with Crippen molar-refractivity contribution >= 4 is 17.4 Å². The van der Waals surface area contributed by atoms with Crippen LogP contribution in [0.1, 0.15) is 49.3 Å². The number of hydrogen-bond donors (Lipinski definition) is 1. The Morgan fingerprint density at radius 2 is 2.00 bits per heavy atom. The lowest BCUT2D eigenvalue weighted by Crippen LogP contribution is -2.54. The summed E-state index contributed by atoms with van der Waals surface area (Å²) in [6, 6.07) is 10.3. The van der Waals surface area contributed by atoms with E-state index in [4.69, 9.17) is 0 Å². The number of hydrogen-bond acceptors (Lipinski definition) is 4. The lowest BCUT2D eigenvalue weighted by molar-refractivity contribution is 0.0590. The molecule has 1 aliphatic rings. The Balaban J connectivity index is 1.60. The van der Waals surface area contributed by atoms with Gasteiger partial charge >= 0.3 is 6.03 Å². The van der Waals surface area contributed by atoms with Gasteiger partial charge in [0.1, 0.15) is 10.0 Å². The third kappa shape index (κ3) is 3.43. The second-order valence-electron chi connectivity index (χ2n) is 7.39. The molecule has 0 bridgehead atoms. The standard InChI is InChI=1S/C18H24N4OS/c1-12-11-22(15(12)13-8-6-5-7-9-13)17(23)19-10-14-20-21-16(24-14)18(2,3)4/h5-9,12,15H,10-11H2,1-4H3,(H,19,23)/t12-,15-/m1/s1. The molecule has 1 N–H and O–H groups in total. The molecule has 2 aromatic rings. The molecule has 1 fully saturated rings. The number of carbonyl (C=O) groups excluding carboxylic acids is 1. The first-order chi connectivity index (χ1) is 11.4. The highest BCUT2D eigenvalue weighted by Crippen LogP contribution is 2.38. The lowest BCUT2D eigenvalue weighted by Gasteiger charge is -2.46. The zero-order valence-electron chi connectivity index (χ0n) is 14.6. The van der Waals surface area contributed by atoms with E-state index >= 15 is 0 Å². The van der Waals surface area contributed by atoms with Crippen molar-refractivity contribution in [3.8, 4) is 0 Å². The molecule has 0 aliphatic carbocycles. The molecule has 0 saturated carbocycles. The molecule has 1 saturated heterocycles. The molecule has 2 heterocycles. The van der Waals surface area contributed by atoms with Crippen molar-refractivity contribution in [2.24, 2.45) is 5.92 Å². The van der Waals surface area contributed by atoms with Crippen LogP contribution in [-0.2, 0) is 12.0 Å². The number of nitrogens with zero attached hydrogens (tertiary/aromatic N) is 3. The first kappa shape index (κ1) is 16.9. The smallest absolute Gasteiger partial charge is 0.318 e. The topological polar surface area (TPSA) is 58.1 Å². The second kappa shape index (κ2) is 6.51. The van der Waals surface area contributed by atoms with Crippen LogP contribution in [0.4, 0.5) is 4.79 Å². The number of benzene rings is 1. The van der Waals surface area contributed by atoms with Crippen molar-refractivity contribution in [2.45, 2.75) is 45.7 Å². The number of rotatable bonds is 3. The van der Waals surface area contributed by atoms with Crippen LogP contribution in [-0.4, -0.2) is 27.7 Å². The lowest BCUT2D eigenvalue weighted by atomic mass is 9.85. The molecule has 1 aromatic carbocycles. The summed E-state index contributed by atoms with van der Waals surface area (Å²) in [6.07, 6.45) is 0. The summed E-state index contributed by atoms with van der Waals surface area (Å²) in [4.78, 5) is 14.4. The number of urea groups is 1. The molecule has 0 unspecified atom stereocenters. The average Bonchev–Trinajstić information content (AvgIpc) is 3.00. The summed E-state index contributed by atoms with van der Waals surface area (Å²) < 4.78 is 0. The Kier molecular flexibility index (Phi) is 4.58. The van der Waals surface area contributed by atoms with Crippen LogP contribution in [0.15, 0.2) is 30.3 Å². The van der Waals surface area contributed by atoms with Crippen molar-refractivity contribution in [1.29, 1.82) is 0 Å². The van der Waals surface area contributed by atoms with Gasteiger partial charge in [-0.25, -0.2) is 4.79 Å². The predicted octanol–water partition coefficient (Wildman–Crippen LogP) is 3.74. The largest absolute Gasteiger partial charge is 0.331 e. The van der Waals surface area contributed by atoms with Crippen LogP contribution in [0.2, 0.25) is 0 Å². The monoisotopic (exact) mass is 344 g/mol. The molecule has 5 nitrogen and oxygen atoms in total. The molecule has 24 heavy (non-hydrogen) atoms. The molecule has 0 spiro atoms. The van der Waals surface area contributed by atoms with Gasteiger partial charge < -0.3 is 10.2 Å². The van der Waals surface area contributed by atoms with Crippen LogP contribution in [0.5, 0.6) is 0 Å². The minimum atomic E-state index is -0.0329. The van der Waals surface area contributed by atoms with E-state index in [9.17, 15) is 4.79 Å². The summed E-state index contributed by atoms with van der Waals surface area (Å²) >= 11 is 1.56. The van der Waals surface area contributed by atoms with Gasteiger partial charge in [0.15, 0.2) is 0 Å². The Morgan fingerprint density at radius 1 is 1.29 bits per heavy atom. The van der Waals surface area contributed by atoms with Crippen LogP contribution in [0.25, 0.3) is 0 Å². The second-order valence-corrected chi connectivity index (χ2v) is 8.46. The molecule has 1 aliphatic heterocycles. The van der Waals surface area contributed by atoms with Gasteiger partial charge in [-0.3, -0.25) is 0 Å². The van der Waals surface area contributed by atoms with Gasteiger partial charge in [0, 0.05) is 12.0 Å². The average molecular weight is 344 g/mol. The van der Waals surface area contributed by atoms with Gasteiger partial charge in [-0.2, -0.15) is 0 Å². The fourth-order valence-corrected chi connectivity index (χ4v) is 3.78. The maximum absolute atomic E-state index is 12.5. The Labute approximate surface area is 147 Å². The van der Waals surface area contributed by atoms with E-state index in [0.29, 0.717) is 12.5 Å². The van der Waals surface area contributed by atoms with Crippen LogP contribution in [0.3, 0.4) is 0 Å². The summed E-state index contributed by atoms with van der Waals surface area (Å²) in [7, 11) is 0. The molecule has 1 aromatic heterocycles. The third-order valence-electron chi connectivity index (χ3n) is 4.26. The SMILES string of the molecule is C[C@@H]1CN(C(=O)NCc2nnc(C(C)(C)C)s2)[C@H]1c1ccccc1. The van der Waals surface area contributed by atoms with E-state index in [1.807, 2.05) is 23.1 Å². The van der Waals surface area contributed by atoms with Gasteiger partial charge in [-0.15, -0.1) is 10.2 Å². The summed E-state index contributed by atoms with van der Waals surface area (Å²) in [5.41, 5.74) is 1.18. The van der Waals surface area contributed by atoms with Crippen molar-refractivity contribution in [3.05, 3.63) is 45.9 Å². The van der Waals surface area contributed by atoms with E-state index in [1.54, 1.807) is 11.3 Å². The highest BCUT2D eigenvalue weighted by molar-refractivity contribution is 7.11. The normalized spacial score (nSPS) is 20.6. The van der Waals surface area contributed by atoms with Gasteiger partial charge in [0.05, 0.1) is 12.6 Å². The highest BCUT2D eigenvalue weighted by Gasteiger charge is 2.39. The van der Waals surface area contributed by atoms with Crippen molar-refractivity contribution in [3.63, 3.8) is 0 Å². The quantitative estimate of drug-likeness (QED) is 0.923. The van der Waals surface area contributed by atoms with Crippen molar-refractivity contribution in [1.82, 2.24) is 20.4 Å². The van der Waals surface area contributed by atoms with Crippen molar-refractivity contribution < 1.29 is 4.79 Å². The minimum absolute atomic E-state index is 0.00870. The van der Waals surface area contributed by atoms with E-state index in [0.717, 1.165) is 16.6 Å². The predicted molar refractivity (Wildman–Crippen MR) is 95.9 cm³/mol. The fraction of sp³-hybridized carbons (Fsp3) is 0.500. The fourth-order valence-electron chi connectivity index (χ4n) is 2.94. The van der Waals surface area contributed by atoms with Gasteiger partial charge in [0.2, 0.25) is 0 Å². The zero-order chi connectivity index (χ0) is 17.3. The zero-order valence-corrected chi connectivity index (χ0v) is 15.4. The number of nitrogens with one attached hydrogen (secondary N) is 1. The third-order valence-corrected chi connectivity index (χ3v) is 5.61. The minimum Gasteiger partial charge on any atom is -0.331 e. The highest BCUT2D eigenvalue weighted by atomic mass is 32.1. The molecule has 0 radical (unpaired) electrons. The Morgan fingerprint density at radius 3 is 2.58 bits per heavy atom. The Bertz CT molecular complexity index is 707. The molecule has 128 valence electrons. The summed E-state index contributed by atoms with van der Waals surface area (Å²) in [5, 5.41) is 13.2.